The highest BCUT2D eigenvalue weighted by molar-refractivity contribution is 6.01. The summed E-state index contributed by atoms with van der Waals surface area (Å²) in [5.41, 5.74) is 12.9. The number of imidazole rings is 1. The number of piperidine rings is 1. The SMILES string of the molecule is COc1cc(C(=O)N2CC3CCC2[C@@H]3N)cc2nc(-c3cc4ccc(-c5cnc(N6CCC(O)C6=O)c(C)c5)nc4n3CC3CC3)n(C)c12. The first-order chi connectivity index (χ1) is 23.7. The fourth-order valence-corrected chi connectivity index (χ4v) is 8.35. The highest BCUT2D eigenvalue weighted by atomic mass is 16.5. The van der Waals surface area contributed by atoms with Gasteiger partial charge in [-0.1, -0.05) is 0 Å². The van der Waals surface area contributed by atoms with E-state index < -0.39 is 6.10 Å². The van der Waals surface area contributed by atoms with Crippen LogP contribution in [0.25, 0.3) is 44.8 Å². The summed E-state index contributed by atoms with van der Waals surface area (Å²) in [7, 11) is 3.62. The highest BCUT2D eigenvalue weighted by Gasteiger charge is 2.47. The molecule has 3 unspecified atom stereocenters. The number of nitrogens with zero attached hydrogens (tertiary/aromatic N) is 7. The lowest BCUT2D eigenvalue weighted by atomic mass is 10.1. The third-order valence-electron chi connectivity index (χ3n) is 11.2. The number of aliphatic hydroxyl groups excluding tert-OH is 1. The summed E-state index contributed by atoms with van der Waals surface area (Å²) >= 11 is 0. The van der Waals surface area contributed by atoms with Crippen molar-refractivity contribution in [2.45, 2.75) is 63.8 Å². The number of aryl methyl sites for hydroxylation is 2. The molecule has 2 saturated heterocycles. The number of carbonyl (C=O) groups excluding carboxylic acids is 2. The maximum absolute atomic E-state index is 13.8. The molecule has 5 aromatic rings. The molecule has 4 aliphatic rings. The second-order valence-corrected chi connectivity index (χ2v) is 14.3. The minimum atomic E-state index is -0.968. The molecule has 0 radical (unpaired) electrons. The number of pyridine rings is 2. The Morgan fingerprint density at radius 1 is 1.08 bits per heavy atom. The molecule has 252 valence electrons. The molecule has 3 N–H and O–H groups in total. The third-order valence-corrected chi connectivity index (χ3v) is 11.2. The highest BCUT2D eigenvalue weighted by Crippen LogP contribution is 2.40. The number of rotatable bonds is 7. The van der Waals surface area contributed by atoms with Crippen molar-refractivity contribution in [2.24, 2.45) is 24.6 Å². The number of hydrogen-bond donors (Lipinski definition) is 2. The van der Waals surface area contributed by atoms with E-state index in [2.05, 4.69) is 26.3 Å². The van der Waals surface area contributed by atoms with Crippen LogP contribution in [0.15, 0.2) is 42.6 Å². The number of aliphatic hydroxyl groups is 1. The zero-order chi connectivity index (χ0) is 33.7. The minimum Gasteiger partial charge on any atom is -0.494 e. The summed E-state index contributed by atoms with van der Waals surface area (Å²) in [6, 6.07) is 12.1. The average Bonchev–Trinajstić information content (AvgIpc) is 3.27. The maximum atomic E-state index is 13.8. The Morgan fingerprint density at radius 3 is 2.59 bits per heavy atom. The molecule has 6 heterocycles. The molecule has 2 aliphatic carbocycles. The Hall–Kier alpha value is -4.81. The summed E-state index contributed by atoms with van der Waals surface area (Å²) in [5.74, 6) is 2.59. The number of carbonyl (C=O) groups is 2. The zero-order valence-electron chi connectivity index (χ0n) is 28.0. The van der Waals surface area contributed by atoms with Gasteiger partial charge in [-0.2, -0.15) is 0 Å². The molecule has 9 rings (SSSR count). The second-order valence-electron chi connectivity index (χ2n) is 14.3. The molecule has 12 heteroatoms. The monoisotopic (exact) mass is 660 g/mol. The van der Waals surface area contributed by atoms with Gasteiger partial charge in [0, 0.05) is 67.9 Å². The van der Waals surface area contributed by atoms with Crippen molar-refractivity contribution in [3.63, 3.8) is 0 Å². The molecule has 2 aliphatic heterocycles. The Kier molecular flexibility index (Phi) is 6.86. The molecule has 4 aromatic heterocycles. The molecule has 49 heavy (non-hydrogen) atoms. The van der Waals surface area contributed by atoms with Crippen molar-refractivity contribution in [1.29, 1.82) is 0 Å². The van der Waals surface area contributed by atoms with E-state index in [-0.39, 0.29) is 23.9 Å². The largest absolute Gasteiger partial charge is 0.494 e. The first-order valence-electron chi connectivity index (χ1n) is 17.3. The molecular weight excluding hydrogens is 620 g/mol. The van der Waals surface area contributed by atoms with Crippen molar-refractivity contribution in [2.75, 3.05) is 25.1 Å². The Labute approximate surface area is 283 Å². The summed E-state index contributed by atoms with van der Waals surface area (Å²) in [6.45, 7) is 3.91. The number of ether oxygens (including phenoxy) is 1. The van der Waals surface area contributed by atoms with Gasteiger partial charge in [0.15, 0.2) is 5.82 Å². The first-order valence-corrected chi connectivity index (χ1v) is 17.3. The molecule has 4 fully saturated rings. The second kappa shape index (κ2) is 11.1. The Balaban J connectivity index is 1.11. The van der Waals surface area contributed by atoms with Gasteiger partial charge in [0.1, 0.15) is 28.8 Å². The Bertz CT molecular complexity index is 2180. The van der Waals surface area contributed by atoms with E-state index in [1.807, 2.05) is 43.1 Å². The topological polar surface area (TPSA) is 145 Å². The summed E-state index contributed by atoms with van der Waals surface area (Å²) in [5, 5.41) is 11.0. The average molecular weight is 661 g/mol. The number of aromatic nitrogens is 5. The van der Waals surface area contributed by atoms with Crippen molar-refractivity contribution >= 4 is 39.7 Å². The van der Waals surface area contributed by atoms with Gasteiger partial charge in [0.05, 0.1) is 24.0 Å². The predicted octanol–water partition coefficient (Wildman–Crippen LogP) is 4.04. The summed E-state index contributed by atoms with van der Waals surface area (Å²) in [6.07, 6.45) is 5.59. The van der Waals surface area contributed by atoms with Crippen LogP contribution in [0.1, 0.15) is 48.0 Å². The van der Waals surface area contributed by atoms with Gasteiger partial charge in [-0.25, -0.2) is 15.0 Å². The number of fused-ring (bicyclic) bond motifs is 4. The number of benzene rings is 1. The summed E-state index contributed by atoms with van der Waals surface area (Å²) < 4.78 is 10.2. The standard InChI is InChI=1S/C37H40N8O4/c1-19-12-24(16-39-33(19)43-11-10-29(46)37(43)48)25-8-6-21-14-28(44(34(21)40-25)17-20-4-5-20)35-41-26-13-23(15-30(49-3)32(26)42(35)2)36(47)45-18-22-7-9-27(45)31(22)38/h6,8,12-16,20,22,27,29,31,46H,4-5,7,9-11,17-18,38H2,1-3H3/t22?,27?,29?,31-/m1/s1. The number of anilines is 1. The van der Waals surface area contributed by atoms with Gasteiger partial charge in [-0.05, 0) is 86.4 Å². The lowest BCUT2D eigenvalue weighted by Crippen LogP contribution is -2.41. The molecule has 2 bridgehead atoms. The normalized spacial score (nSPS) is 23.5. The quantitative estimate of drug-likeness (QED) is 0.266. The van der Waals surface area contributed by atoms with Gasteiger partial charge < -0.3 is 29.6 Å². The molecule has 4 atom stereocenters. The van der Waals surface area contributed by atoms with Crippen molar-refractivity contribution in [3.8, 4) is 28.5 Å². The van der Waals surface area contributed by atoms with Gasteiger partial charge in [-0.15, -0.1) is 0 Å². The van der Waals surface area contributed by atoms with E-state index in [0.29, 0.717) is 54.0 Å². The predicted molar refractivity (Wildman–Crippen MR) is 185 cm³/mol. The van der Waals surface area contributed by atoms with Gasteiger partial charge in [0.25, 0.3) is 11.8 Å². The fraction of sp³-hybridized carbons (Fsp3) is 0.432. The number of amides is 2. The van der Waals surface area contributed by atoms with Gasteiger partial charge in [-0.3, -0.25) is 14.5 Å². The van der Waals surface area contributed by atoms with E-state index in [4.69, 9.17) is 20.4 Å². The smallest absolute Gasteiger partial charge is 0.257 e. The molecular formula is C37H40N8O4. The fourth-order valence-electron chi connectivity index (χ4n) is 8.35. The maximum Gasteiger partial charge on any atom is 0.257 e. The molecule has 2 amide bonds. The van der Waals surface area contributed by atoms with Crippen LogP contribution in [0.4, 0.5) is 5.82 Å². The van der Waals surface area contributed by atoms with Crippen LogP contribution in [-0.2, 0) is 18.4 Å². The van der Waals surface area contributed by atoms with Gasteiger partial charge >= 0.3 is 0 Å². The molecule has 2 saturated carbocycles. The van der Waals surface area contributed by atoms with E-state index in [1.54, 1.807) is 18.2 Å². The molecule has 12 nitrogen and oxygen atoms in total. The van der Waals surface area contributed by atoms with Crippen LogP contribution in [-0.4, -0.2) is 84.3 Å². The van der Waals surface area contributed by atoms with Crippen molar-refractivity contribution < 1.29 is 19.4 Å². The Morgan fingerprint density at radius 2 is 1.92 bits per heavy atom. The van der Waals surface area contributed by atoms with Gasteiger partial charge in [0.2, 0.25) is 0 Å². The van der Waals surface area contributed by atoms with E-state index in [9.17, 15) is 14.7 Å². The van der Waals surface area contributed by atoms with Crippen molar-refractivity contribution in [3.05, 3.63) is 53.7 Å². The number of likely N-dealkylation sites (tertiary alicyclic amines) is 1. The zero-order valence-corrected chi connectivity index (χ0v) is 28.0. The van der Waals surface area contributed by atoms with Crippen LogP contribution >= 0.6 is 0 Å². The molecule has 1 aromatic carbocycles. The lowest BCUT2D eigenvalue weighted by molar-refractivity contribution is -0.124. The lowest BCUT2D eigenvalue weighted by Gasteiger charge is -2.27. The minimum absolute atomic E-state index is 0.0167. The number of methoxy groups -OCH3 is 1. The van der Waals surface area contributed by atoms with Crippen LogP contribution in [0.5, 0.6) is 5.75 Å². The third kappa shape index (κ3) is 4.75. The van der Waals surface area contributed by atoms with Crippen LogP contribution < -0.4 is 15.4 Å². The molecule has 0 spiro atoms. The number of hydrogen-bond acceptors (Lipinski definition) is 8. The van der Waals surface area contributed by atoms with Crippen LogP contribution in [0.3, 0.4) is 0 Å². The van der Waals surface area contributed by atoms with E-state index >= 15 is 0 Å². The van der Waals surface area contributed by atoms with Crippen LogP contribution in [0, 0.1) is 18.8 Å². The van der Waals surface area contributed by atoms with Crippen molar-refractivity contribution in [1.82, 2.24) is 29.0 Å². The summed E-state index contributed by atoms with van der Waals surface area (Å²) in [4.78, 5) is 44.7. The van der Waals surface area contributed by atoms with E-state index in [0.717, 1.165) is 64.3 Å². The van der Waals surface area contributed by atoms with Crippen LogP contribution in [0.2, 0.25) is 0 Å². The number of nitrogens with two attached hydrogens (primary N) is 1. The first kappa shape index (κ1) is 30.3. The van der Waals surface area contributed by atoms with E-state index in [1.165, 1.54) is 12.8 Å².